The number of aryl methyl sites for hydroxylation is 1. The van der Waals surface area contributed by atoms with Gasteiger partial charge in [-0.05, 0) is 30.2 Å². The van der Waals surface area contributed by atoms with Crippen LogP contribution >= 0.6 is 11.3 Å². The van der Waals surface area contributed by atoms with E-state index in [-0.39, 0.29) is 11.8 Å². The Morgan fingerprint density at radius 1 is 1.14 bits per heavy atom. The predicted molar refractivity (Wildman–Crippen MR) is 112 cm³/mol. The van der Waals surface area contributed by atoms with E-state index in [1.54, 1.807) is 28.5 Å². The largest absolute Gasteiger partial charge is 0.344 e. The van der Waals surface area contributed by atoms with E-state index < -0.39 is 0 Å². The Labute approximate surface area is 173 Å². The van der Waals surface area contributed by atoms with Crippen LogP contribution in [0.2, 0.25) is 0 Å². The normalized spacial score (nSPS) is 14.9. The molecule has 1 saturated heterocycles. The van der Waals surface area contributed by atoms with Crippen LogP contribution in [0.4, 0.5) is 4.79 Å². The van der Waals surface area contributed by atoms with Gasteiger partial charge in [-0.2, -0.15) is 9.78 Å². The van der Waals surface area contributed by atoms with Gasteiger partial charge in [0.05, 0.1) is 0 Å². The topological polar surface area (TPSA) is 71.3 Å². The number of thiazole rings is 1. The Morgan fingerprint density at radius 3 is 2.59 bits per heavy atom. The zero-order chi connectivity index (χ0) is 20.4. The molecule has 0 atom stereocenters. The van der Waals surface area contributed by atoms with Crippen LogP contribution in [0.5, 0.6) is 0 Å². The average Bonchev–Trinajstić information content (AvgIpc) is 3.42. The number of carbonyl (C=O) groups excluding carboxylic acids is 2. The number of nitrogens with zero attached hydrogens (tertiary/aromatic N) is 5. The second-order valence-corrected chi connectivity index (χ2v) is 8.13. The molecule has 0 spiro atoms. The first-order chi connectivity index (χ1) is 14.0. The number of hydrogen-bond acceptors (Lipinski definition) is 6. The monoisotopic (exact) mass is 409 g/mol. The molecule has 0 unspecified atom stereocenters. The van der Waals surface area contributed by atoms with Crippen molar-refractivity contribution in [2.24, 2.45) is 0 Å². The number of piperazine rings is 1. The molecule has 0 radical (unpaired) electrons. The summed E-state index contributed by atoms with van der Waals surface area (Å²) in [4.78, 5) is 32.6. The predicted octanol–water partition coefficient (Wildman–Crippen LogP) is 3.30. The van der Waals surface area contributed by atoms with E-state index in [0.29, 0.717) is 18.8 Å². The van der Waals surface area contributed by atoms with Gasteiger partial charge in [0.2, 0.25) is 0 Å². The third kappa shape index (κ3) is 4.28. The molecule has 29 heavy (non-hydrogen) atoms. The molecule has 1 aliphatic heterocycles. The molecule has 4 rings (SSSR count). The summed E-state index contributed by atoms with van der Waals surface area (Å²) in [7, 11) is 0. The number of benzene rings is 1. The fraction of sp³-hybridized carbons (Fsp3) is 0.333. The van der Waals surface area contributed by atoms with Crippen molar-refractivity contribution in [1.82, 2.24) is 24.6 Å². The van der Waals surface area contributed by atoms with Gasteiger partial charge in [-0.25, -0.2) is 9.78 Å². The summed E-state index contributed by atoms with van der Waals surface area (Å²) in [6.45, 7) is 7.27. The number of amides is 1. The highest BCUT2D eigenvalue weighted by Gasteiger charge is 2.23. The maximum absolute atomic E-state index is 12.6. The Morgan fingerprint density at radius 2 is 1.93 bits per heavy atom. The number of Topliss-reactive ketones (excluding diaryl/α,β-unsaturated/α-hetero) is 1. The highest BCUT2D eigenvalue weighted by atomic mass is 32.1. The second kappa shape index (κ2) is 8.26. The Kier molecular flexibility index (Phi) is 5.55. The minimum Gasteiger partial charge on any atom is -0.320 e. The SMILES string of the molecule is CC(=O)c1ccn(C(=O)N2CCN(Cc3ccc(C)c(-c4nccs4)c3)CC2)n1. The Balaban J connectivity index is 1.37. The molecular formula is C21H23N5O2S. The maximum atomic E-state index is 12.6. The molecule has 150 valence electrons. The van der Waals surface area contributed by atoms with Crippen LogP contribution in [0.15, 0.2) is 42.0 Å². The number of rotatable bonds is 4. The van der Waals surface area contributed by atoms with Crippen molar-refractivity contribution in [2.45, 2.75) is 20.4 Å². The molecule has 0 N–H and O–H groups in total. The summed E-state index contributed by atoms with van der Waals surface area (Å²) in [6.07, 6.45) is 3.39. The van der Waals surface area contributed by atoms with Gasteiger partial charge in [-0.15, -0.1) is 11.3 Å². The number of aromatic nitrogens is 3. The van der Waals surface area contributed by atoms with Gasteiger partial charge in [-0.1, -0.05) is 12.1 Å². The van der Waals surface area contributed by atoms with Crippen LogP contribution in [0.25, 0.3) is 10.6 Å². The van der Waals surface area contributed by atoms with Gasteiger partial charge >= 0.3 is 6.03 Å². The zero-order valence-electron chi connectivity index (χ0n) is 16.5. The van der Waals surface area contributed by atoms with Gasteiger partial charge in [0.25, 0.3) is 0 Å². The van der Waals surface area contributed by atoms with Crippen LogP contribution < -0.4 is 0 Å². The van der Waals surface area contributed by atoms with Crippen molar-refractivity contribution >= 4 is 23.2 Å². The highest BCUT2D eigenvalue weighted by molar-refractivity contribution is 7.13. The van der Waals surface area contributed by atoms with Gasteiger partial charge in [0.15, 0.2) is 5.78 Å². The first kappa shape index (κ1) is 19.5. The fourth-order valence-corrected chi connectivity index (χ4v) is 4.19. The molecule has 1 aliphatic rings. The van der Waals surface area contributed by atoms with E-state index >= 15 is 0 Å². The summed E-state index contributed by atoms with van der Waals surface area (Å²) in [5, 5.41) is 7.11. The van der Waals surface area contributed by atoms with Crippen LogP contribution in [0.1, 0.15) is 28.5 Å². The van der Waals surface area contributed by atoms with E-state index in [9.17, 15) is 9.59 Å². The van der Waals surface area contributed by atoms with Crippen molar-refractivity contribution in [2.75, 3.05) is 26.2 Å². The summed E-state index contributed by atoms with van der Waals surface area (Å²) >= 11 is 1.65. The minimum atomic E-state index is -0.182. The lowest BCUT2D eigenvalue weighted by atomic mass is 10.0. The molecule has 3 aromatic rings. The summed E-state index contributed by atoms with van der Waals surface area (Å²) < 4.78 is 1.26. The van der Waals surface area contributed by atoms with Crippen molar-refractivity contribution in [3.05, 3.63) is 58.9 Å². The standard InChI is InChI=1S/C21H23N5O2S/c1-15-3-4-17(13-18(15)20-22-6-12-29-20)14-24-8-10-25(11-9-24)21(28)26-7-5-19(23-26)16(2)27/h3-7,12-13H,8-11,14H2,1-2H3. The van der Waals surface area contributed by atoms with Crippen LogP contribution in [0, 0.1) is 6.92 Å². The lowest BCUT2D eigenvalue weighted by Gasteiger charge is -2.34. The zero-order valence-corrected chi connectivity index (χ0v) is 17.4. The highest BCUT2D eigenvalue weighted by Crippen LogP contribution is 2.27. The van der Waals surface area contributed by atoms with Gasteiger partial charge in [0, 0.05) is 63.0 Å². The van der Waals surface area contributed by atoms with Crippen LogP contribution in [-0.2, 0) is 6.54 Å². The molecule has 1 fully saturated rings. The molecule has 7 nitrogen and oxygen atoms in total. The third-order valence-electron chi connectivity index (χ3n) is 5.16. The quantitative estimate of drug-likeness (QED) is 0.618. The van der Waals surface area contributed by atoms with Gasteiger partial charge in [0.1, 0.15) is 10.7 Å². The first-order valence-electron chi connectivity index (χ1n) is 9.59. The van der Waals surface area contributed by atoms with Crippen molar-refractivity contribution in [3.8, 4) is 10.6 Å². The fourth-order valence-electron chi connectivity index (χ4n) is 3.47. The molecule has 0 bridgehead atoms. The van der Waals surface area contributed by atoms with E-state index in [1.807, 2.05) is 11.6 Å². The first-order valence-corrected chi connectivity index (χ1v) is 10.5. The molecular weight excluding hydrogens is 386 g/mol. The third-order valence-corrected chi connectivity index (χ3v) is 5.97. The van der Waals surface area contributed by atoms with Crippen LogP contribution in [-0.4, -0.2) is 62.6 Å². The van der Waals surface area contributed by atoms with Crippen molar-refractivity contribution in [1.29, 1.82) is 0 Å². The second-order valence-electron chi connectivity index (χ2n) is 7.23. The lowest BCUT2D eigenvalue weighted by Crippen LogP contribution is -2.49. The molecule has 0 saturated carbocycles. The van der Waals surface area contributed by atoms with Gasteiger partial charge in [-0.3, -0.25) is 9.69 Å². The number of carbonyl (C=O) groups is 2. The minimum absolute atomic E-state index is 0.142. The maximum Gasteiger partial charge on any atom is 0.344 e. The molecule has 2 aromatic heterocycles. The van der Waals surface area contributed by atoms with E-state index in [4.69, 9.17) is 0 Å². The summed E-state index contributed by atoms with van der Waals surface area (Å²) in [5.74, 6) is -0.142. The summed E-state index contributed by atoms with van der Waals surface area (Å²) in [5.41, 5.74) is 3.97. The number of ketones is 1. The lowest BCUT2D eigenvalue weighted by molar-refractivity contribution is 0.101. The smallest absolute Gasteiger partial charge is 0.320 e. The molecule has 0 aliphatic carbocycles. The Hall–Kier alpha value is -2.84. The van der Waals surface area contributed by atoms with Crippen molar-refractivity contribution in [3.63, 3.8) is 0 Å². The van der Waals surface area contributed by atoms with Gasteiger partial charge < -0.3 is 4.90 Å². The average molecular weight is 410 g/mol. The molecule has 3 heterocycles. The van der Waals surface area contributed by atoms with E-state index in [0.717, 1.165) is 24.6 Å². The molecule has 8 heteroatoms. The molecule has 1 amide bonds. The molecule has 1 aromatic carbocycles. The van der Waals surface area contributed by atoms with Crippen LogP contribution in [0.3, 0.4) is 0 Å². The van der Waals surface area contributed by atoms with E-state index in [1.165, 1.54) is 28.3 Å². The Bertz CT molecular complexity index is 1020. The van der Waals surface area contributed by atoms with E-state index in [2.05, 4.69) is 40.1 Å². The number of hydrogen-bond donors (Lipinski definition) is 0. The van der Waals surface area contributed by atoms with Crippen molar-refractivity contribution < 1.29 is 9.59 Å². The summed E-state index contributed by atoms with van der Waals surface area (Å²) in [6, 6.07) is 7.93.